The highest BCUT2D eigenvalue weighted by molar-refractivity contribution is 9.10. The number of fused-ring (bicyclic) bond motifs is 1. The van der Waals surface area contributed by atoms with Crippen LogP contribution in [0.25, 0.3) is 11.2 Å². The first-order valence-corrected chi connectivity index (χ1v) is 7.09. The Hall–Kier alpha value is -2.55. The molecule has 0 atom stereocenters. The highest BCUT2D eigenvalue weighted by Gasteiger charge is 2.14. The Morgan fingerprint density at radius 3 is 2.50 bits per heavy atom. The molecule has 0 aliphatic carbocycles. The topological polar surface area (TPSA) is 87.1 Å². The highest BCUT2D eigenvalue weighted by atomic mass is 79.9. The average molecular weight is 363 g/mol. The summed E-state index contributed by atoms with van der Waals surface area (Å²) in [6.07, 6.45) is 1.57. The van der Waals surface area contributed by atoms with Crippen molar-refractivity contribution in [3.05, 3.63) is 55.1 Å². The summed E-state index contributed by atoms with van der Waals surface area (Å²) >= 11 is 3.35. The molecule has 0 aliphatic rings. The number of hydrogen-bond acceptors (Lipinski definition) is 5. The zero-order chi connectivity index (χ0) is 15.9. The summed E-state index contributed by atoms with van der Waals surface area (Å²) in [5.74, 6) is 0. The second kappa shape index (κ2) is 5.34. The first-order valence-electron chi connectivity index (χ1n) is 6.30. The fourth-order valence-electron chi connectivity index (χ4n) is 2.01. The van der Waals surface area contributed by atoms with E-state index in [-0.39, 0.29) is 11.2 Å². The Labute approximate surface area is 132 Å². The number of nitrogens with zero attached hydrogens (tertiary/aromatic N) is 6. The Morgan fingerprint density at radius 1 is 1.14 bits per heavy atom. The number of aromatic nitrogens is 5. The van der Waals surface area contributed by atoms with Gasteiger partial charge in [0.25, 0.3) is 5.56 Å². The van der Waals surface area contributed by atoms with Crippen LogP contribution >= 0.6 is 15.9 Å². The van der Waals surface area contributed by atoms with E-state index in [1.165, 1.54) is 16.4 Å². The van der Waals surface area contributed by atoms with Crippen LogP contribution in [0.15, 0.2) is 43.4 Å². The SMILES string of the molecule is Cn1c(=O)c2nnn(/N=C\c3ccc(Br)cc3)c2n(C)c1=O. The van der Waals surface area contributed by atoms with Crippen LogP contribution in [0.4, 0.5) is 0 Å². The van der Waals surface area contributed by atoms with Gasteiger partial charge < -0.3 is 0 Å². The number of aryl methyl sites for hydroxylation is 1. The molecule has 8 nitrogen and oxygen atoms in total. The minimum absolute atomic E-state index is 0.0950. The van der Waals surface area contributed by atoms with E-state index in [0.717, 1.165) is 14.6 Å². The summed E-state index contributed by atoms with van der Waals surface area (Å²) in [4.78, 5) is 25.1. The van der Waals surface area contributed by atoms with E-state index < -0.39 is 11.2 Å². The zero-order valence-electron chi connectivity index (χ0n) is 11.8. The summed E-state index contributed by atoms with van der Waals surface area (Å²) in [5, 5.41) is 11.8. The summed E-state index contributed by atoms with van der Waals surface area (Å²) in [6.45, 7) is 0. The minimum atomic E-state index is -0.497. The van der Waals surface area contributed by atoms with Gasteiger partial charge in [-0.1, -0.05) is 28.1 Å². The molecule has 0 bridgehead atoms. The van der Waals surface area contributed by atoms with Crippen LogP contribution < -0.4 is 11.2 Å². The molecule has 3 rings (SSSR count). The van der Waals surface area contributed by atoms with Crippen molar-refractivity contribution >= 4 is 33.3 Å². The third kappa shape index (κ3) is 2.29. The van der Waals surface area contributed by atoms with Crippen LogP contribution in [0.3, 0.4) is 0 Å². The van der Waals surface area contributed by atoms with Gasteiger partial charge in [0.2, 0.25) is 0 Å². The molecule has 2 heterocycles. The first-order chi connectivity index (χ1) is 10.5. The van der Waals surface area contributed by atoms with Gasteiger partial charge in [-0.2, -0.15) is 5.10 Å². The minimum Gasteiger partial charge on any atom is -0.278 e. The number of benzene rings is 1. The van der Waals surface area contributed by atoms with Gasteiger partial charge in [-0.05, 0) is 22.9 Å². The lowest BCUT2D eigenvalue weighted by atomic mass is 10.2. The fraction of sp³-hybridized carbons (Fsp3) is 0.154. The van der Waals surface area contributed by atoms with E-state index in [9.17, 15) is 9.59 Å². The third-order valence-electron chi connectivity index (χ3n) is 3.22. The van der Waals surface area contributed by atoms with Gasteiger partial charge in [0, 0.05) is 18.6 Å². The summed E-state index contributed by atoms with van der Waals surface area (Å²) < 4.78 is 3.23. The van der Waals surface area contributed by atoms with Crippen molar-refractivity contribution in [3.8, 4) is 0 Å². The van der Waals surface area contributed by atoms with E-state index in [4.69, 9.17) is 0 Å². The summed E-state index contributed by atoms with van der Waals surface area (Å²) in [6, 6.07) is 7.49. The van der Waals surface area contributed by atoms with Gasteiger partial charge in [0.1, 0.15) is 0 Å². The van der Waals surface area contributed by atoms with Crippen LogP contribution in [0.2, 0.25) is 0 Å². The van der Waals surface area contributed by atoms with Gasteiger partial charge in [-0.25, -0.2) is 4.79 Å². The largest absolute Gasteiger partial charge is 0.332 e. The number of halogens is 1. The van der Waals surface area contributed by atoms with Crippen LogP contribution in [0, 0.1) is 0 Å². The quantitative estimate of drug-likeness (QED) is 0.620. The molecule has 0 saturated carbocycles. The van der Waals surface area contributed by atoms with E-state index in [2.05, 4.69) is 31.3 Å². The Balaban J connectivity index is 2.15. The van der Waals surface area contributed by atoms with Crippen molar-refractivity contribution in [1.29, 1.82) is 0 Å². The van der Waals surface area contributed by atoms with Gasteiger partial charge in [0.15, 0.2) is 11.2 Å². The molecule has 112 valence electrons. The van der Waals surface area contributed by atoms with Crippen LogP contribution in [0.5, 0.6) is 0 Å². The molecule has 0 fully saturated rings. The van der Waals surface area contributed by atoms with Gasteiger partial charge in [-0.3, -0.25) is 13.9 Å². The van der Waals surface area contributed by atoms with Crippen molar-refractivity contribution in [3.63, 3.8) is 0 Å². The van der Waals surface area contributed by atoms with Gasteiger partial charge >= 0.3 is 5.69 Å². The number of hydrogen-bond donors (Lipinski definition) is 0. The summed E-state index contributed by atoms with van der Waals surface area (Å²) in [5.41, 5.74) is 0.239. The molecule has 0 N–H and O–H groups in total. The predicted molar refractivity (Wildman–Crippen MR) is 85.1 cm³/mol. The Kier molecular flexibility index (Phi) is 3.49. The predicted octanol–water partition coefficient (Wildman–Crippen LogP) is 0.473. The average Bonchev–Trinajstić information content (AvgIpc) is 2.94. The lowest BCUT2D eigenvalue weighted by Gasteiger charge is -2.03. The second-order valence-corrected chi connectivity index (χ2v) is 5.57. The molecule has 2 aromatic heterocycles. The summed E-state index contributed by atoms with van der Waals surface area (Å²) in [7, 11) is 2.94. The van der Waals surface area contributed by atoms with E-state index >= 15 is 0 Å². The van der Waals surface area contributed by atoms with Crippen LogP contribution in [-0.4, -0.2) is 30.5 Å². The van der Waals surface area contributed by atoms with Crippen molar-refractivity contribution in [2.45, 2.75) is 0 Å². The molecule has 3 aromatic rings. The lowest BCUT2D eigenvalue weighted by Crippen LogP contribution is -2.37. The van der Waals surface area contributed by atoms with Crippen molar-refractivity contribution in [2.75, 3.05) is 0 Å². The maximum absolute atomic E-state index is 12.0. The maximum atomic E-state index is 12.0. The molecule has 22 heavy (non-hydrogen) atoms. The standard InChI is InChI=1S/C13H11BrN6O2/c1-18-11-10(12(21)19(2)13(18)22)16-17-20(11)15-7-8-3-5-9(14)6-4-8/h3-7H,1-2H3/b15-7-. The zero-order valence-corrected chi connectivity index (χ0v) is 13.4. The molecular weight excluding hydrogens is 352 g/mol. The molecule has 0 saturated heterocycles. The molecule has 0 spiro atoms. The molecule has 0 amide bonds. The third-order valence-corrected chi connectivity index (χ3v) is 3.74. The Bertz CT molecular complexity index is 996. The highest BCUT2D eigenvalue weighted by Crippen LogP contribution is 2.09. The smallest absolute Gasteiger partial charge is 0.278 e. The van der Waals surface area contributed by atoms with E-state index in [1.54, 1.807) is 13.3 Å². The van der Waals surface area contributed by atoms with Crippen molar-refractivity contribution < 1.29 is 0 Å². The second-order valence-electron chi connectivity index (χ2n) is 4.65. The molecule has 1 aromatic carbocycles. The van der Waals surface area contributed by atoms with Crippen molar-refractivity contribution in [1.82, 2.24) is 24.2 Å². The van der Waals surface area contributed by atoms with Gasteiger partial charge in [0.05, 0.1) is 6.21 Å². The molecule has 0 radical (unpaired) electrons. The van der Waals surface area contributed by atoms with E-state index in [0.29, 0.717) is 0 Å². The lowest BCUT2D eigenvalue weighted by molar-refractivity contribution is 0.666. The monoisotopic (exact) mass is 362 g/mol. The normalized spacial score (nSPS) is 11.6. The molecule has 0 unspecified atom stereocenters. The van der Waals surface area contributed by atoms with Crippen LogP contribution in [-0.2, 0) is 14.1 Å². The van der Waals surface area contributed by atoms with E-state index in [1.807, 2.05) is 24.3 Å². The van der Waals surface area contributed by atoms with Crippen molar-refractivity contribution in [2.24, 2.45) is 19.2 Å². The first kappa shape index (κ1) is 14.4. The Morgan fingerprint density at radius 2 is 1.82 bits per heavy atom. The fourth-order valence-corrected chi connectivity index (χ4v) is 2.27. The molecular formula is C13H11BrN6O2. The number of rotatable bonds is 2. The molecule has 0 aliphatic heterocycles. The van der Waals surface area contributed by atoms with Gasteiger partial charge in [-0.15, -0.1) is 9.89 Å². The molecule has 9 heteroatoms. The maximum Gasteiger partial charge on any atom is 0.332 e. The van der Waals surface area contributed by atoms with Crippen LogP contribution in [0.1, 0.15) is 5.56 Å².